The van der Waals surface area contributed by atoms with E-state index in [-0.39, 0.29) is 11.8 Å². The predicted molar refractivity (Wildman–Crippen MR) is 80.7 cm³/mol. The second-order valence-electron chi connectivity index (χ2n) is 5.08. The monoisotopic (exact) mass is 298 g/mol. The number of nitrogens with zero attached hydrogens (tertiary/aromatic N) is 2. The van der Waals surface area contributed by atoms with Crippen molar-refractivity contribution in [3.05, 3.63) is 12.7 Å². The Bertz CT molecular complexity index is 354. The number of methoxy groups -OCH3 is 1. The fourth-order valence-corrected chi connectivity index (χ4v) is 2.17. The first-order valence-corrected chi connectivity index (χ1v) is 7.21. The van der Waals surface area contributed by atoms with Crippen molar-refractivity contribution in [2.24, 2.45) is 5.73 Å². The molecule has 1 fully saturated rings. The molecule has 21 heavy (non-hydrogen) atoms. The number of ether oxygens (including phenoxy) is 1. The Hall–Kier alpha value is -1.44. The van der Waals surface area contributed by atoms with Crippen molar-refractivity contribution in [1.82, 2.24) is 15.1 Å². The zero-order chi connectivity index (χ0) is 15.7. The van der Waals surface area contributed by atoms with Crippen LogP contribution in [0.1, 0.15) is 6.42 Å². The minimum atomic E-state index is -0.507. The fraction of sp³-hybridized carbons (Fsp3) is 0.714. The maximum absolute atomic E-state index is 12.1. The van der Waals surface area contributed by atoms with E-state index < -0.39 is 6.04 Å². The Morgan fingerprint density at radius 3 is 2.62 bits per heavy atom. The summed E-state index contributed by atoms with van der Waals surface area (Å²) in [4.78, 5) is 27.5. The average Bonchev–Trinajstić information content (AvgIpc) is 2.50. The van der Waals surface area contributed by atoms with E-state index in [9.17, 15) is 9.59 Å². The number of piperazine rings is 1. The zero-order valence-electron chi connectivity index (χ0n) is 12.7. The second kappa shape index (κ2) is 9.49. The molecule has 0 saturated carbocycles. The maximum Gasteiger partial charge on any atom is 0.239 e. The minimum Gasteiger partial charge on any atom is -0.385 e. The molecule has 1 unspecified atom stereocenters. The maximum atomic E-state index is 12.1. The molecule has 0 radical (unpaired) electrons. The normalized spacial score (nSPS) is 17.3. The molecule has 0 aromatic heterocycles. The molecule has 1 saturated heterocycles. The molecule has 7 nitrogen and oxygen atoms in total. The molecule has 0 aromatic rings. The van der Waals surface area contributed by atoms with Crippen LogP contribution in [0, 0.1) is 0 Å². The number of rotatable bonds is 8. The van der Waals surface area contributed by atoms with Crippen molar-refractivity contribution in [2.45, 2.75) is 12.5 Å². The summed E-state index contributed by atoms with van der Waals surface area (Å²) in [6, 6.07) is -0.507. The number of hydrogen-bond donors (Lipinski definition) is 2. The number of nitrogens with two attached hydrogens (primary N) is 1. The van der Waals surface area contributed by atoms with Gasteiger partial charge >= 0.3 is 0 Å². The molecule has 1 heterocycles. The van der Waals surface area contributed by atoms with Crippen LogP contribution in [0.3, 0.4) is 0 Å². The lowest BCUT2D eigenvalue weighted by Crippen LogP contribution is -2.54. The summed E-state index contributed by atoms with van der Waals surface area (Å²) in [5.74, 6) is -0.0609. The largest absolute Gasteiger partial charge is 0.385 e. The van der Waals surface area contributed by atoms with Gasteiger partial charge in [-0.15, -0.1) is 6.58 Å². The molecule has 0 aliphatic carbocycles. The van der Waals surface area contributed by atoms with E-state index in [1.165, 1.54) is 0 Å². The summed E-state index contributed by atoms with van der Waals surface area (Å²) < 4.78 is 4.93. The van der Waals surface area contributed by atoms with Crippen LogP contribution in [0.2, 0.25) is 0 Å². The Morgan fingerprint density at radius 2 is 2.05 bits per heavy atom. The first-order valence-electron chi connectivity index (χ1n) is 7.21. The van der Waals surface area contributed by atoms with Crippen LogP contribution in [0.25, 0.3) is 0 Å². The van der Waals surface area contributed by atoms with Gasteiger partial charge in [-0.2, -0.15) is 0 Å². The lowest BCUT2D eigenvalue weighted by Gasteiger charge is -2.35. The highest BCUT2D eigenvalue weighted by Crippen LogP contribution is 2.05. The van der Waals surface area contributed by atoms with Crippen molar-refractivity contribution in [1.29, 1.82) is 0 Å². The van der Waals surface area contributed by atoms with Gasteiger partial charge in [0.05, 0.1) is 12.6 Å². The van der Waals surface area contributed by atoms with E-state index in [1.807, 2.05) is 4.90 Å². The van der Waals surface area contributed by atoms with Crippen LogP contribution in [0.4, 0.5) is 0 Å². The van der Waals surface area contributed by atoms with Crippen LogP contribution in [0.5, 0.6) is 0 Å². The van der Waals surface area contributed by atoms with Crippen LogP contribution in [-0.2, 0) is 14.3 Å². The second-order valence-corrected chi connectivity index (χ2v) is 5.08. The van der Waals surface area contributed by atoms with E-state index in [4.69, 9.17) is 10.5 Å². The van der Waals surface area contributed by atoms with Gasteiger partial charge in [0.25, 0.3) is 0 Å². The highest BCUT2D eigenvalue weighted by atomic mass is 16.5. The van der Waals surface area contributed by atoms with Gasteiger partial charge in [0.1, 0.15) is 0 Å². The van der Waals surface area contributed by atoms with Crippen LogP contribution in [0.15, 0.2) is 12.7 Å². The van der Waals surface area contributed by atoms with Crippen LogP contribution >= 0.6 is 0 Å². The van der Waals surface area contributed by atoms with Gasteiger partial charge in [0.2, 0.25) is 11.8 Å². The van der Waals surface area contributed by atoms with Crippen LogP contribution in [-0.4, -0.2) is 80.6 Å². The van der Waals surface area contributed by atoms with Gasteiger partial charge in [0.15, 0.2) is 0 Å². The number of carbonyl (C=O) groups excluding carboxylic acids is 2. The number of nitrogens with one attached hydrogen (secondary N) is 1. The van der Waals surface area contributed by atoms with E-state index >= 15 is 0 Å². The standard InChI is InChI=1S/C14H26N4O3/c1-3-5-16-13(19)11-17-6-8-18(9-7-17)14(20)12(15)4-10-21-2/h3,12H,1,4-11,15H2,2H3,(H,16,19). The smallest absolute Gasteiger partial charge is 0.239 e. The van der Waals surface area contributed by atoms with E-state index in [2.05, 4.69) is 11.9 Å². The van der Waals surface area contributed by atoms with Crippen molar-refractivity contribution >= 4 is 11.8 Å². The van der Waals surface area contributed by atoms with Gasteiger partial charge in [0, 0.05) is 46.4 Å². The Balaban J connectivity index is 2.29. The van der Waals surface area contributed by atoms with Crippen molar-refractivity contribution in [3.8, 4) is 0 Å². The molecule has 0 bridgehead atoms. The molecular weight excluding hydrogens is 272 g/mol. The quantitative estimate of drug-likeness (QED) is 0.549. The zero-order valence-corrected chi connectivity index (χ0v) is 12.7. The highest BCUT2D eigenvalue weighted by molar-refractivity contribution is 5.82. The Labute approximate surface area is 126 Å². The van der Waals surface area contributed by atoms with E-state index in [0.717, 1.165) is 0 Å². The van der Waals surface area contributed by atoms with Crippen molar-refractivity contribution in [2.75, 3.05) is 53.0 Å². The number of carbonyl (C=O) groups is 2. The molecule has 1 rings (SSSR count). The third-order valence-electron chi connectivity index (χ3n) is 3.44. The first kappa shape index (κ1) is 17.6. The summed E-state index contributed by atoms with van der Waals surface area (Å²) in [5.41, 5.74) is 5.85. The Kier molecular flexibility index (Phi) is 7.96. The summed E-state index contributed by atoms with van der Waals surface area (Å²) in [7, 11) is 1.59. The molecule has 1 atom stereocenters. The average molecular weight is 298 g/mol. The summed E-state index contributed by atoms with van der Waals surface area (Å²) in [6.45, 7) is 7.45. The lowest BCUT2D eigenvalue weighted by atomic mass is 10.2. The highest BCUT2D eigenvalue weighted by Gasteiger charge is 2.25. The van der Waals surface area contributed by atoms with Crippen molar-refractivity contribution < 1.29 is 14.3 Å². The summed E-state index contributed by atoms with van der Waals surface area (Å²) >= 11 is 0. The van der Waals surface area contributed by atoms with Gasteiger partial charge in [-0.05, 0) is 6.42 Å². The van der Waals surface area contributed by atoms with Gasteiger partial charge in [-0.3, -0.25) is 14.5 Å². The summed E-state index contributed by atoms with van der Waals surface area (Å²) in [6.07, 6.45) is 2.18. The predicted octanol–water partition coefficient (Wildman–Crippen LogP) is -1.20. The molecular formula is C14H26N4O3. The molecule has 0 spiro atoms. The number of amides is 2. The third-order valence-corrected chi connectivity index (χ3v) is 3.44. The van der Waals surface area contributed by atoms with Crippen molar-refractivity contribution in [3.63, 3.8) is 0 Å². The molecule has 3 N–H and O–H groups in total. The van der Waals surface area contributed by atoms with Gasteiger partial charge in [-0.1, -0.05) is 6.08 Å². The third kappa shape index (κ3) is 6.24. The summed E-state index contributed by atoms with van der Waals surface area (Å²) in [5, 5.41) is 2.74. The molecule has 0 aromatic carbocycles. The molecule has 120 valence electrons. The van der Waals surface area contributed by atoms with E-state index in [0.29, 0.717) is 52.3 Å². The molecule has 2 amide bonds. The Morgan fingerprint density at radius 1 is 1.38 bits per heavy atom. The number of hydrogen-bond acceptors (Lipinski definition) is 5. The van der Waals surface area contributed by atoms with Crippen LogP contribution < -0.4 is 11.1 Å². The lowest BCUT2D eigenvalue weighted by molar-refractivity contribution is -0.135. The topological polar surface area (TPSA) is 87.9 Å². The first-order chi connectivity index (χ1) is 10.1. The fourth-order valence-electron chi connectivity index (χ4n) is 2.17. The van der Waals surface area contributed by atoms with Gasteiger partial charge in [-0.25, -0.2) is 0 Å². The minimum absolute atomic E-state index is 0.0218. The molecule has 1 aliphatic heterocycles. The molecule has 1 aliphatic rings. The molecule has 7 heteroatoms. The van der Waals surface area contributed by atoms with Gasteiger partial charge < -0.3 is 20.7 Å². The SMILES string of the molecule is C=CCNC(=O)CN1CCN(C(=O)C(N)CCOC)CC1. The van der Waals surface area contributed by atoms with E-state index in [1.54, 1.807) is 18.1 Å².